The number of fused-ring (bicyclic) bond motifs is 5. The first-order valence-electron chi connectivity index (χ1n) is 16.4. The van der Waals surface area contributed by atoms with Crippen molar-refractivity contribution in [2.45, 2.75) is 118 Å². The van der Waals surface area contributed by atoms with E-state index in [2.05, 4.69) is 47.1 Å². The number of nitrogens with zero attached hydrogens (tertiary/aromatic N) is 1. The molecule has 0 aromatic carbocycles. The quantitative estimate of drug-likeness (QED) is 0.149. The lowest BCUT2D eigenvalue weighted by molar-refractivity contribution is -0.890. The Morgan fingerprint density at radius 3 is 2.30 bits per heavy atom. The first-order chi connectivity index (χ1) is 18.6. The molecule has 4 aliphatic rings. The number of quaternary nitrogens is 1. The zero-order valence-corrected chi connectivity index (χ0v) is 27.3. The predicted octanol–water partition coefficient (Wildman–Crippen LogP) is 6.79. The van der Waals surface area contributed by atoms with Crippen molar-refractivity contribution in [3.8, 4) is 0 Å². The fourth-order valence-corrected chi connectivity index (χ4v) is 10.4. The third-order valence-electron chi connectivity index (χ3n) is 12.3. The molecule has 40 heavy (non-hydrogen) atoms. The predicted molar refractivity (Wildman–Crippen MR) is 162 cm³/mol. The maximum absolute atomic E-state index is 12.6. The van der Waals surface area contributed by atoms with Crippen LogP contribution in [0.5, 0.6) is 0 Å². The lowest BCUT2D eigenvalue weighted by Crippen LogP contribution is -2.53. The summed E-state index contributed by atoms with van der Waals surface area (Å²) in [4.78, 5) is 12.6. The summed E-state index contributed by atoms with van der Waals surface area (Å²) in [6.45, 7) is 13.3. The van der Waals surface area contributed by atoms with Gasteiger partial charge in [-0.15, -0.1) is 0 Å². The SMILES string of the molecule is CCC[N+](C)(C)CCCNC(=O)CC[C@@H](C)[C@H]1CCC2C3CCC4CCCC[C@]4(C)C3CC[C@@]21C.O=S(=O)(O)O. The lowest BCUT2D eigenvalue weighted by Gasteiger charge is -2.61. The normalized spacial score (nSPS) is 36.4. The molecule has 4 aliphatic carbocycles. The standard InChI is InChI=1S/C32H58N2O.H2O4S/c1-7-22-34(5,6)23-10-21-33-30(35)17-12-24(2)27-15-16-28-26-14-13-25-11-8-9-19-31(25,3)29(26)18-20-32(27,28)4;1-5(2,3)4/h24-29H,7-23H2,1-6H3;(H2,1,2,3,4)/p+1/t24-,25?,26?,27-,28?,29?,31+,32-;/m1./s1. The minimum absolute atomic E-state index is 0.282. The molecule has 4 saturated carbocycles. The van der Waals surface area contributed by atoms with Gasteiger partial charge < -0.3 is 9.80 Å². The van der Waals surface area contributed by atoms with Gasteiger partial charge in [-0.3, -0.25) is 13.9 Å². The van der Waals surface area contributed by atoms with Crippen molar-refractivity contribution in [3.05, 3.63) is 0 Å². The Kier molecular flexibility index (Phi) is 11.6. The highest BCUT2D eigenvalue weighted by Crippen LogP contribution is 2.68. The fraction of sp³-hybridized carbons (Fsp3) is 0.969. The first-order valence-corrected chi connectivity index (χ1v) is 17.8. The summed E-state index contributed by atoms with van der Waals surface area (Å²) in [5, 5.41) is 3.23. The van der Waals surface area contributed by atoms with Crippen LogP contribution < -0.4 is 5.32 Å². The molecule has 234 valence electrons. The highest BCUT2D eigenvalue weighted by molar-refractivity contribution is 7.79. The number of amides is 1. The summed E-state index contributed by atoms with van der Waals surface area (Å²) < 4.78 is 32.6. The Hall–Kier alpha value is -0.700. The van der Waals surface area contributed by atoms with Gasteiger partial charge in [0, 0.05) is 19.4 Å². The highest BCUT2D eigenvalue weighted by atomic mass is 32.3. The maximum atomic E-state index is 12.6. The second kappa shape index (κ2) is 13.7. The van der Waals surface area contributed by atoms with Crippen LogP contribution in [0, 0.1) is 46.3 Å². The van der Waals surface area contributed by atoms with Crippen LogP contribution in [-0.4, -0.2) is 61.6 Å². The Balaban J connectivity index is 0.000000810. The number of hydrogen-bond donors (Lipinski definition) is 3. The van der Waals surface area contributed by atoms with Crippen LogP contribution in [0.4, 0.5) is 0 Å². The molecule has 7 nitrogen and oxygen atoms in total. The largest absolute Gasteiger partial charge is 0.394 e. The summed E-state index contributed by atoms with van der Waals surface area (Å²) in [6.07, 6.45) is 18.9. The van der Waals surface area contributed by atoms with E-state index in [1.807, 2.05) is 0 Å². The van der Waals surface area contributed by atoms with Gasteiger partial charge in [-0.1, -0.05) is 40.5 Å². The van der Waals surface area contributed by atoms with Crippen molar-refractivity contribution in [2.75, 3.05) is 33.7 Å². The Bertz CT molecular complexity index is 932. The van der Waals surface area contributed by atoms with Gasteiger partial charge in [-0.25, -0.2) is 0 Å². The van der Waals surface area contributed by atoms with Gasteiger partial charge in [0.1, 0.15) is 0 Å². The van der Waals surface area contributed by atoms with Gasteiger partial charge in [0.2, 0.25) is 5.91 Å². The maximum Gasteiger partial charge on any atom is 0.394 e. The summed E-state index contributed by atoms with van der Waals surface area (Å²) in [6, 6.07) is 0. The van der Waals surface area contributed by atoms with E-state index in [4.69, 9.17) is 17.5 Å². The molecule has 0 heterocycles. The molecule has 0 aliphatic heterocycles. The van der Waals surface area contributed by atoms with E-state index < -0.39 is 10.4 Å². The van der Waals surface area contributed by atoms with Gasteiger partial charge >= 0.3 is 10.4 Å². The molecule has 8 heteroatoms. The van der Waals surface area contributed by atoms with Gasteiger partial charge in [0.25, 0.3) is 0 Å². The molecule has 1 amide bonds. The molecular weight excluding hydrogens is 524 g/mol. The zero-order chi connectivity index (χ0) is 29.8. The van der Waals surface area contributed by atoms with E-state index in [0.717, 1.165) is 66.4 Å². The van der Waals surface area contributed by atoms with Crippen LogP contribution >= 0.6 is 0 Å². The third-order valence-corrected chi connectivity index (χ3v) is 12.3. The number of rotatable bonds is 10. The average Bonchev–Trinajstić information content (AvgIpc) is 3.21. The molecule has 4 unspecified atom stereocenters. The molecule has 0 spiro atoms. The molecule has 0 aromatic heterocycles. The van der Waals surface area contributed by atoms with E-state index >= 15 is 0 Å². The van der Waals surface area contributed by atoms with Crippen molar-refractivity contribution < 1.29 is 26.8 Å². The summed E-state index contributed by atoms with van der Waals surface area (Å²) in [5.41, 5.74) is 1.17. The van der Waals surface area contributed by atoms with Crippen LogP contribution in [-0.2, 0) is 15.2 Å². The zero-order valence-electron chi connectivity index (χ0n) is 26.5. The average molecular weight is 586 g/mol. The van der Waals surface area contributed by atoms with E-state index in [9.17, 15) is 4.79 Å². The van der Waals surface area contributed by atoms with E-state index in [1.165, 1.54) is 77.2 Å². The second-order valence-electron chi connectivity index (χ2n) is 15.2. The van der Waals surface area contributed by atoms with Crippen molar-refractivity contribution in [3.63, 3.8) is 0 Å². The molecule has 3 N–H and O–H groups in total. The number of hydrogen-bond acceptors (Lipinski definition) is 3. The Morgan fingerprint density at radius 2 is 1.62 bits per heavy atom. The molecule has 8 atom stereocenters. The Labute approximate surface area is 245 Å². The smallest absolute Gasteiger partial charge is 0.356 e. The molecule has 4 rings (SSSR count). The molecule has 0 bridgehead atoms. The molecular formula is C32H61N2O5S+. The van der Waals surface area contributed by atoms with E-state index in [0.29, 0.717) is 16.7 Å². The fourth-order valence-electron chi connectivity index (χ4n) is 10.4. The summed E-state index contributed by atoms with van der Waals surface area (Å²) >= 11 is 0. The Morgan fingerprint density at radius 1 is 0.950 bits per heavy atom. The minimum atomic E-state index is -4.67. The van der Waals surface area contributed by atoms with Crippen LogP contribution in [0.3, 0.4) is 0 Å². The molecule has 0 radical (unpaired) electrons. The molecule has 4 fully saturated rings. The van der Waals surface area contributed by atoms with Crippen LogP contribution in [0.2, 0.25) is 0 Å². The van der Waals surface area contributed by atoms with Crippen LogP contribution in [0.15, 0.2) is 0 Å². The van der Waals surface area contributed by atoms with E-state index in [-0.39, 0.29) is 5.91 Å². The van der Waals surface area contributed by atoms with Crippen molar-refractivity contribution in [2.24, 2.45) is 46.3 Å². The number of nitrogens with one attached hydrogen (secondary N) is 1. The van der Waals surface area contributed by atoms with Crippen molar-refractivity contribution in [1.82, 2.24) is 5.32 Å². The minimum Gasteiger partial charge on any atom is -0.356 e. The summed E-state index contributed by atoms with van der Waals surface area (Å²) in [7, 11) is -0.0614. The number of carbonyl (C=O) groups is 1. The third kappa shape index (κ3) is 8.44. The second-order valence-corrected chi connectivity index (χ2v) is 16.1. The molecule has 0 saturated heterocycles. The highest BCUT2D eigenvalue weighted by Gasteiger charge is 2.60. The molecule has 0 aromatic rings. The van der Waals surface area contributed by atoms with Gasteiger partial charge in [-0.05, 0) is 111 Å². The first kappa shape index (κ1) is 33.8. The van der Waals surface area contributed by atoms with Gasteiger partial charge in [-0.2, -0.15) is 8.42 Å². The van der Waals surface area contributed by atoms with Crippen LogP contribution in [0.25, 0.3) is 0 Å². The van der Waals surface area contributed by atoms with Gasteiger partial charge in [0.15, 0.2) is 0 Å². The summed E-state index contributed by atoms with van der Waals surface area (Å²) in [5.74, 6) is 5.74. The van der Waals surface area contributed by atoms with Crippen molar-refractivity contribution in [1.29, 1.82) is 0 Å². The topological polar surface area (TPSA) is 104 Å². The van der Waals surface area contributed by atoms with Crippen LogP contribution in [0.1, 0.15) is 118 Å². The van der Waals surface area contributed by atoms with Crippen molar-refractivity contribution >= 4 is 16.3 Å². The lowest BCUT2D eigenvalue weighted by atomic mass is 9.44. The van der Waals surface area contributed by atoms with Gasteiger partial charge in [0.05, 0.1) is 27.2 Å². The number of carbonyl (C=O) groups excluding carboxylic acids is 1. The monoisotopic (exact) mass is 585 g/mol. The van der Waals surface area contributed by atoms with E-state index in [1.54, 1.807) is 0 Å².